The van der Waals surface area contributed by atoms with Gasteiger partial charge in [-0.1, -0.05) is 0 Å². The Labute approximate surface area is 105 Å². The van der Waals surface area contributed by atoms with Crippen LogP contribution in [0.3, 0.4) is 0 Å². The van der Waals surface area contributed by atoms with Crippen LogP contribution >= 0.6 is 0 Å². The molecule has 0 bridgehead atoms. The largest absolute Gasteiger partial charge is 0.497 e. The molecular weight excluding hydrogens is 230 g/mol. The molecular formula is C14H15NO3. The van der Waals surface area contributed by atoms with Gasteiger partial charge in [0.1, 0.15) is 11.3 Å². The molecule has 0 N–H and O–H groups in total. The predicted octanol–water partition coefficient (Wildman–Crippen LogP) is 2.18. The quantitative estimate of drug-likeness (QED) is 0.722. The molecule has 0 amide bonds. The van der Waals surface area contributed by atoms with Crippen LogP contribution in [0.25, 0.3) is 11.0 Å². The molecule has 4 heteroatoms. The first-order valence-corrected chi connectivity index (χ1v) is 6.05. The summed E-state index contributed by atoms with van der Waals surface area (Å²) >= 11 is 0. The van der Waals surface area contributed by atoms with Gasteiger partial charge < -0.3 is 14.1 Å². The van der Waals surface area contributed by atoms with Crippen molar-refractivity contribution < 1.29 is 9.15 Å². The highest BCUT2D eigenvalue weighted by Crippen LogP contribution is 2.33. The Balaban J connectivity index is 2.36. The first-order chi connectivity index (χ1) is 8.70. The van der Waals surface area contributed by atoms with Crippen LogP contribution in [0.15, 0.2) is 27.4 Å². The molecule has 0 radical (unpaired) electrons. The second kappa shape index (κ2) is 4.05. The second-order valence-electron chi connectivity index (χ2n) is 4.60. The monoisotopic (exact) mass is 245 g/mol. The summed E-state index contributed by atoms with van der Waals surface area (Å²) < 4.78 is 10.5. The van der Waals surface area contributed by atoms with Crippen molar-refractivity contribution in [2.45, 2.75) is 12.8 Å². The standard InChI is InChI=1S/C14H15NO3/c1-15-7-3-4-11-13(15)10-6-5-9(17-2)8-12(10)18-14(11)16/h5-6,8H,3-4,7H2,1-2H3. The fourth-order valence-electron chi connectivity index (χ4n) is 2.59. The van der Waals surface area contributed by atoms with E-state index in [1.807, 2.05) is 19.2 Å². The van der Waals surface area contributed by atoms with Crippen LogP contribution in [0.5, 0.6) is 5.75 Å². The van der Waals surface area contributed by atoms with Crippen LogP contribution in [0.2, 0.25) is 0 Å². The molecule has 1 aromatic heterocycles. The van der Waals surface area contributed by atoms with Gasteiger partial charge in [-0.2, -0.15) is 0 Å². The van der Waals surface area contributed by atoms with Crippen LogP contribution in [0.4, 0.5) is 5.69 Å². The van der Waals surface area contributed by atoms with E-state index in [-0.39, 0.29) is 5.63 Å². The molecule has 1 aliphatic heterocycles. The van der Waals surface area contributed by atoms with Crippen molar-refractivity contribution in [1.82, 2.24) is 0 Å². The van der Waals surface area contributed by atoms with Gasteiger partial charge in [0.15, 0.2) is 0 Å². The van der Waals surface area contributed by atoms with Gasteiger partial charge >= 0.3 is 5.63 Å². The molecule has 94 valence electrons. The van der Waals surface area contributed by atoms with Gasteiger partial charge in [-0.15, -0.1) is 0 Å². The molecule has 0 spiro atoms. The van der Waals surface area contributed by atoms with E-state index in [1.54, 1.807) is 13.2 Å². The van der Waals surface area contributed by atoms with Crippen molar-refractivity contribution in [2.24, 2.45) is 0 Å². The summed E-state index contributed by atoms with van der Waals surface area (Å²) in [5.74, 6) is 0.698. The average molecular weight is 245 g/mol. The minimum Gasteiger partial charge on any atom is -0.497 e. The lowest BCUT2D eigenvalue weighted by atomic mass is 10.0. The number of fused-ring (bicyclic) bond motifs is 3. The van der Waals surface area contributed by atoms with Gasteiger partial charge in [-0.3, -0.25) is 0 Å². The molecule has 1 aromatic carbocycles. The van der Waals surface area contributed by atoms with E-state index in [2.05, 4.69) is 4.90 Å². The summed E-state index contributed by atoms with van der Waals surface area (Å²) in [4.78, 5) is 14.1. The molecule has 4 nitrogen and oxygen atoms in total. The normalized spacial score (nSPS) is 14.7. The lowest BCUT2D eigenvalue weighted by molar-refractivity contribution is 0.414. The van der Waals surface area contributed by atoms with E-state index in [4.69, 9.17) is 9.15 Å². The van der Waals surface area contributed by atoms with E-state index in [0.717, 1.165) is 36.0 Å². The van der Waals surface area contributed by atoms with Crippen molar-refractivity contribution in [2.75, 3.05) is 25.6 Å². The number of nitrogens with zero attached hydrogens (tertiary/aromatic N) is 1. The topological polar surface area (TPSA) is 42.7 Å². The molecule has 3 rings (SSSR count). The van der Waals surface area contributed by atoms with E-state index in [0.29, 0.717) is 11.3 Å². The van der Waals surface area contributed by atoms with Crippen molar-refractivity contribution in [3.8, 4) is 5.75 Å². The van der Waals surface area contributed by atoms with Crippen molar-refractivity contribution in [3.05, 3.63) is 34.2 Å². The fraction of sp³-hybridized carbons (Fsp3) is 0.357. The highest BCUT2D eigenvalue weighted by Gasteiger charge is 2.21. The first-order valence-electron chi connectivity index (χ1n) is 6.05. The Morgan fingerprint density at radius 3 is 3.00 bits per heavy atom. The second-order valence-corrected chi connectivity index (χ2v) is 4.60. The third kappa shape index (κ3) is 1.56. The molecule has 2 heterocycles. The predicted molar refractivity (Wildman–Crippen MR) is 70.6 cm³/mol. The van der Waals surface area contributed by atoms with E-state index < -0.39 is 0 Å². The number of hydrogen-bond acceptors (Lipinski definition) is 4. The van der Waals surface area contributed by atoms with Gasteiger partial charge in [0.2, 0.25) is 0 Å². The molecule has 0 saturated carbocycles. The Hall–Kier alpha value is -1.97. The summed E-state index contributed by atoms with van der Waals surface area (Å²) in [6.07, 6.45) is 1.79. The van der Waals surface area contributed by atoms with Crippen LogP contribution in [0.1, 0.15) is 12.0 Å². The Bertz CT molecular complexity index is 660. The summed E-state index contributed by atoms with van der Waals surface area (Å²) in [6.45, 7) is 0.970. The van der Waals surface area contributed by atoms with Crippen LogP contribution in [-0.2, 0) is 6.42 Å². The maximum Gasteiger partial charge on any atom is 0.341 e. The van der Waals surface area contributed by atoms with Gasteiger partial charge in [0.25, 0.3) is 0 Å². The van der Waals surface area contributed by atoms with Crippen molar-refractivity contribution in [1.29, 1.82) is 0 Å². The SMILES string of the molecule is COc1ccc2c3c(c(=O)oc2c1)CCCN3C. The zero-order chi connectivity index (χ0) is 12.7. The molecule has 0 atom stereocenters. The van der Waals surface area contributed by atoms with E-state index >= 15 is 0 Å². The number of methoxy groups -OCH3 is 1. The summed E-state index contributed by atoms with van der Waals surface area (Å²) in [6, 6.07) is 5.61. The summed E-state index contributed by atoms with van der Waals surface area (Å²) in [7, 11) is 3.62. The van der Waals surface area contributed by atoms with Gasteiger partial charge in [-0.25, -0.2) is 4.79 Å². The minimum atomic E-state index is -0.225. The molecule has 0 saturated heterocycles. The fourth-order valence-corrected chi connectivity index (χ4v) is 2.59. The third-order valence-electron chi connectivity index (χ3n) is 3.48. The van der Waals surface area contributed by atoms with E-state index in [1.165, 1.54) is 0 Å². The van der Waals surface area contributed by atoms with Crippen molar-refractivity contribution in [3.63, 3.8) is 0 Å². The van der Waals surface area contributed by atoms with Crippen molar-refractivity contribution >= 4 is 16.7 Å². The molecule has 18 heavy (non-hydrogen) atoms. The highest BCUT2D eigenvalue weighted by atomic mass is 16.5. The number of benzene rings is 1. The molecule has 0 aliphatic carbocycles. The number of ether oxygens (including phenoxy) is 1. The van der Waals surface area contributed by atoms with E-state index in [9.17, 15) is 4.79 Å². The Morgan fingerprint density at radius 1 is 1.39 bits per heavy atom. The first kappa shape index (κ1) is 11.1. The van der Waals surface area contributed by atoms with Crippen LogP contribution in [-0.4, -0.2) is 20.7 Å². The van der Waals surface area contributed by atoms with Gasteiger partial charge in [-0.05, 0) is 25.0 Å². The number of anilines is 1. The molecule has 0 unspecified atom stereocenters. The maximum absolute atomic E-state index is 12.0. The zero-order valence-electron chi connectivity index (χ0n) is 10.5. The lowest BCUT2D eigenvalue weighted by Crippen LogP contribution is -2.28. The Morgan fingerprint density at radius 2 is 2.22 bits per heavy atom. The maximum atomic E-state index is 12.0. The Kier molecular flexibility index (Phi) is 2.51. The third-order valence-corrected chi connectivity index (χ3v) is 3.48. The zero-order valence-corrected chi connectivity index (χ0v) is 10.5. The minimum absolute atomic E-state index is 0.225. The number of hydrogen-bond donors (Lipinski definition) is 0. The van der Waals surface area contributed by atoms with Crippen LogP contribution in [0, 0.1) is 0 Å². The molecule has 1 aliphatic rings. The number of rotatable bonds is 1. The van der Waals surface area contributed by atoms with Gasteiger partial charge in [0, 0.05) is 25.0 Å². The lowest BCUT2D eigenvalue weighted by Gasteiger charge is -2.27. The summed E-state index contributed by atoms with van der Waals surface area (Å²) in [5.41, 5.74) is 2.17. The molecule has 0 fully saturated rings. The highest BCUT2D eigenvalue weighted by molar-refractivity contribution is 5.93. The van der Waals surface area contributed by atoms with Crippen LogP contribution < -0.4 is 15.3 Å². The average Bonchev–Trinajstić information content (AvgIpc) is 2.38. The smallest absolute Gasteiger partial charge is 0.341 e. The molecule has 2 aromatic rings. The summed E-state index contributed by atoms with van der Waals surface area (Å²) in [5, 5.41) is 0.979. The van der Waals surface area contributed by atoms with Gasteiger partial charge in [0.05, 0.1) is 18.4 Å².